The summed E-state index contributed by atoms with van der Waals surface area (Å²) in [5, 5.41) is 0. The number of hydrogen-bond donors (Lipinski definition) is 0. The topological polar surface area (TPSA) is 42.0 Å². The van der Waals surface area contributed by atoms with Gasteiger partial charge in [-0.2, -0.15) is 0 Å². The molecule has 2 aromatic rings. The number of nitrogens with zero attached hydrogens (tertiary/aromatic N) is 2. The molecule has 0 amide bonds. The van der Waals surface area contributed by atoms with Crippen molar-refractivity contribution >= 4 is 11.7 Å². The Kier molecular flexibility index (Phi) is 6.12. The summed E-state index contributed by atoms with van der Waals surface area (Å²) in [5.41, 5.74) is 2.20. The van der Waals surface area contributed by atoms with E-state index in [0.717, 1.165) is 49.7 Å². The first-order valence-electron chi connectivity index (χ1n) is 9.10. The molecule has 0 spiro atoms. The fourth-order valence-electron chi connectivity index (χ4n) is 3.21. The van der Waals surface area contributed by atoms with E-state index in [4.69, 9.17) is 9.47 Å². The zero-order valence-corrected chi connectivity index (χ0v) is 15.5. The van der Waals surface area contributed by atoms with Crippen LogP contribution in [0.2, 0.25) is 0 Å². The van der Waals surface area contributed by atoms with E-state index in [1.165, 1.54) is 0 Å². The molecule has 5 nitrogen and oxygen atoms in total. The Labute approximate surface area is 155 Å². The van der Waals surface area contributed by atoms with Crippen molar-refractivity contribution < 1.29 is 14.3 Å². The highest BCUT2D eigenvalue weighted by atomic mass is 16.5. The smallest absolute Gasteiger partial charge is 0.310 e. The van der Waals surface area contributed by atoms with Gasteiger partial charge in [0.25, 0.3) is 0 Å². The van der Waals surface area contributed by atoms with E-state index in [1.54, 1.807) is 7.11 Å². The second kappa shape index (κ2) is 8.72. The minimum Gasteiger partial charge on any atom is -0.495 e. The Balaban J connectivity index is 1.62. The molecule has 0 saturated carbocycles. The number of esters is 1. The fraction of sp³-hybridized carbons (Fsp3) is 0.381. The van der Waals surface area contributed by atoms with Gasteiger partial charge in [0, 0.05) is 44.7 Å². The molecule has 0 N–H and O–H groups in total. The monoisotopic (exact) mass is 354 g/mol. The van der Waals surface area contributed by atoms with E-state index in [1.807, 2.05) is 49.4 Å². The molecule has 138 valence electrons. The van der Waals surface area contributed by atoms with Crippen molar-refractivity contribution in [3.05, 3.63) is 54.1 Å². The predicted octanol–water partition coefficient (Wildman–Crippen LogP) is 3.33. The molecule has 2 aromatic carbocycles. The van der Waals surface area contributed by atoms with Gasteiger partial charge in [0.2, 0.25) is 0 Å². The van der Waals surface area contributed by atoms with Crippen molar-refractivity contribution in [2.75, 3.05) is 38.2 Å². The van der Waals surface area contributed by atoms with Gasteiger partial charge in [-0.05, 0) is 18.2 Å². The van der Waals surface area contributed by atoms with E-state index in [2.05, 4.69) is 15.9 Å². The van der Waals surface area contributed by atoms with Crippen molar-refractivity contribution in [2.45, 2.75) is 19.9 Å². The lowest BCUT2D eigenvalue weighted by molar-refractivity contribution is -0.134. The van der Waals surface area contributed by atoms with Crippen LogP contribution in [0.1, 0.15) is 18.9 Å². The number of anilines is 1. The van der Waals surface area contributed by atoms with Gasteiger partial charge in [-0.25, -0.2) is 0 Å². The highest BCUT2D eigenvalue weighted by molar-refractivity contribution is 5.72. The molecule has 0 unspecified atom stereocenters. The Morgan fingerprint density at radius 2 is 1.62 bits per heavy atom. The predicted molar refractivity (Wildman–Crippen MR) is 103 cm³/mol. The summed E-state index contributed by atoms with van der Waals surface area (Å²) in [5.74, 6) is 1.39. The summed E-state index contributed by atoms with van der Waals surface area (Å²) < 4.78 is 10.9. The SMILES string of the molecule is CCC(=O)Oc1ccccc1CN1CCN(c2ccccc2OC)CC1. The summed E-state index contributed by atoms with van der Waals surface area (Å²) in [7, 11) is 1.71. The average Bonchev–Trinajstić information content (AvgIpc) is 2.70. The van der Waals surface area contributed by atoms with Crippen molar-refractivity contribution in [3.63, 3.8) is 0 Å². The molecular weight excluding hydrogens is 328 g/mol. The van der Waals surface area contributed by atoms with Gasteiger partial charge in [-0.15, -0.1) is 0 Å². The lowest BCUT2D eigenvalue weighted by Crippen LogP contribution is -2.46. The molecule has 1 heterocycles. The van der Waals surface area contributed by atoms with Crippen molar-refractivity contribution in [3.8, 4) is 11.5 Å². The number of para-hydroxylation sites is 3. The summed E-state index contributed by atoms with van der Waals surface area (Å²) in [4.78, 5) is 16.4. The number of carbonyl (C=O) groups excluding carboxylic acids is 1. The number of piperazine rings is 1. The van der Waals surface area contributed by atoms with Crippen LogP contribution in [-0.4, -0.2) is 44.2 Å². The molecule has 1 aliphatic heterocycles. The third kappa shape index (κ3) is 4.35. The van der Waals surface area contributed by atoms with Gasteiger partial charge < -0.3 is 14.4 Å². The minimum atomic E-state index is -0.196. The Bertz CT molecular complexity index is 740. The average molecular weight is 354 g/mol. The first kappa shape index (κ1) is 18.3. The molecule has 0 aliphatic carbocycles. The minimum absolute atomic E-state index is 0.196. The number of ether oxygens (including phenoxy) is 2. The summed E-state index contributed by atoms with van der Waals surface area (Å²) >= 11 is 0. The van der Waals surface area contributed by atoms with Crippen LogP contribution in [0.3, 0.4) is 0 Å². The summed E-state index contributed by atoms with van der Waals surface area (Å²) in [6, 6.07) is 15.9. The number of hydrogen-bond acceptors (Lipinski definition) is 5. The van der Waals surface area contributed by atoms with Crippen molar-refractivity contribution in [1.29, 1.82) is 0 Å². The van der Waals surface area contributed by atoms with Gasteiger partial charge >= 0.3 is 5.97 Å². The third-order valence-corrected chi connectivity index (χ3v) is 4.68. The zero-order valence-electron chi connectivity index (χ0n) is 15.5. The summed E-state index contributed by atoms with van der Waals surface area (Å²) in [6.45, 7) is 6.38. The normalized spacial score (nSPS) is 14.9. The van der Waals surface area contributed by atoms with Gasteiger partial charge in [0.15, 0.2) is 0 Å². The maximum atomic E-state index is 11.6. The first-order valence-corrected chi connectivity index (χ1v) is 9.10. The van der Waals surface area contributed by atoms with Gasteiger partial charge in [0.05, 0.1) is 12.8 Å². The van der Waals surface area contributed by atoms with E-state index in [-0.39, 0.29) is 5.97 Å². The number of rotatable bonds is 6. The highest BCUT2D eigenvalue weighted by Gasteiger charge is 2.20. The Morgan fingerprint density at radius 3 is 2.31 bits per heavy atom. The number of methoxy groups -OCH3 is 1. The third-order valence-electron chi connectivity index (χ3n) is 4.68. The van der Waals surface area contributed by atoms with Gasteiger partial charge in [-0.1, -0.05) is 37.3 Å². The molecule has 3 rings (SSSR count). The van der Waals surface area contributed by atoms with Crippen LogP contribution >= 0.6 is 0 Å². The van der Waals surface area contributed by atoms with Crippen LogP contribution in [0, 0.1) is 0 Å². The number of carbonyl (C=O) groups is 1. The van der Waals surface area contributed by atoms with Crippen LogP contribution in [0.4, 0.5) is 5.69 Å². The van der Waals surface area contributed by atoms with E-state index in [0.29, 0.717) is 12.2 Å². The maximum Gasteiger partial charge on any atom is 0.310 e. The highest BCUT2D eigenvalue weighted by Crippen LogP contribution is 2.29. The number of benzene rings is 2. The molecule has 0 bridgehead atoms. The Hall–Kier alpha value is -2.53. The molecule has 1 fully saturated rings. The summed E-state index contributed by atoms with van der Waals surface area (Å²) in [6.07, 6.45) is 0.381. The molecule has 1 aliphatic rings. The molecule has 0 aromatic heterocycles. The molecular formula is C21H26N2O3. The van der Waals surface area contributed by atoms with Crippen LogP contribution in [0.15, 0.2) is 48.5 Å². The molecule has 5 heteroatoms. The van der Waals surface area contributed by atoms with Crippen LogP contribution in [0.5, 0.6) is 11.5 Å². The lowest BCUT2D eigenvalue weighted by Gasteiger charge is -2.36. The van der Waals surface area contributed by atoms with Crippen LogP contribution in [-0.2, 0) is 11.3 Å². The van der Waals surface area contributed by atoms with E-state index < -0.39 is 0 Å². The largest absolute Gasteiger partial charge is 0.495 e. The lowest BCUT2D eigenvalue weighted by atomic mass is 10.1. The standard InChI is InChI=1S/C21H26N2O3/c1-3-21(24)26-19-10-6-4-8-17(19)16-22-12-14-23(15-13-22)18-9-5-7-11-20(18)25-2/h4-11H,3,12-16H2,1-2H3. The molecule has 26 heavy (non-hydrogen) atoms. The quantitative estimate of drug-likeness (QED) is 0.588. The van der Waals surface area contributed by atoms with Crippen LogP contribution < -0.4 is 14.4 Å². The van der Waals surface area contributed by atoms with Gasteiger partial charge in [0.1, 0.15) is 11.5 Å². The molecule has 0 radical (unpaired) electrons. The van der Waals surface area contributed by atoms with E-state index in [9.17, 15) is 4.79 Å². The maximum absolute atomic E-state index is 11.6. The second-order valence-electron chi connectivity index (χ2n) is 6.37. The van der Waals surface area contributed by atoms with Gasteiger partial charge in [-0.3, -0.25) is 9.69 Å². The second-order valence-corrected chi connectivity index (χ2v) is 6.37. The Morgan fingerprint density at radius 1 is 0.962 bits per heavy atom. The van der Waals surface area contributed by atoms with Crippen LogP contribution in [0.25, 0.3) is 0 Å². The van der Waals surface area contributed by atoms with Crippen molar-refractivity contribution in [2.24, 2.45) is 0 Å². The van der Waals surface area contributed by atoms with E-state index >= 15 is 0 Å². The first-order chi connectivity index (χ1) is 12.7. The molecule has 0 atom stereocenters. The van der Waals surface area contributed by atoms with Crippen molar-refractivity contribution in [1.82, 2.24) is 4.90 Å². The zero-order chi connectivity index (χ0) is 18.4. The molecule has 1 saturated heterocycles. The fourth-order valence-corrected chi connectivity index (χ4v) is 3.21.